The predicted octanol–water partition coefficient (Wildman–Crippen LogP) is 1.17. The maximum atomic E-state index is 11.7. The quantitative estimate of drug-likeness (QED) is 0.807. The van der Waals surface area contributed by atoms with Crippen LogP contribution in [-0.2, 0) is 9.15 Å². The number of carbonyl (C=O) groups excluding carboxylic acids is 1. The molecule has 86 valence electrons. The van der Waals surface area contributed by atoms with Crippen molar-refractivity contribution in [2.75, 3.05) is 6.54 Å². The smallest absolute Gasteiger partial charge is 0.370 e. The Balaban J connectivity index is 2.49. The molecule has 0 fully saturated rings. The summed E-state index contributed by atoms with van der Waals surface area (Å²) in [6, 6.07) is 4.69. The topological polar surface area (TPSA) is 72.5 Å². The van der Waals surface area contributed by atoms with Crippen molar-refractivity contribution in [2.45, 2.75) is 11.8 Å². The van der Waals surface area contributed by atoms with E-state index in [1.807, 2.05) is 0 Å². The van der Waals surface area contributed by atoms with Crippen LogP contribution in [0.4, 0.5) is 0 Å². The number of nitrogens with one attached hydrogen (secondary N) is 1. The van der Waals surface area contributed by atoms with Crippen molar-refractivity contribution in [3.63, 3.8) is 0 Å². The highest BCUT2D eigenvalue weighted by molar-refractivity contribution is 8.70. The molecule has 0 atom stereocenters. The minimum Gasteiger partial charge on any atom is -0.373 e. The number of rotatable bonds is 2. The average molecular weight is 259 g/mol. The zero-order chi connectivity index (χ0) is 11.8. The van der Waals surface area contributed by atoms with E-state index in [4.69, 9.17) is 4.18 Å². The lowest BCUT2D eigenvalue weighted by molar-refractivity contribution is 0.0951. The molecular formula is C9H9NO4S2. The van der Waals surface area contributed by atoms with Gasteiger partial charge in [-0.25, -0.2) is 0 Å². The molecule has 7 heteroatoms. The summed E-state index contributed by atoms with van der Waals surface area (Å²) in [6.45, 7) is 2.26. The Bertz CT molecular complexity index is 508. The Morgan fingerprint density at radius 2 is 2.25 bits per heavy atom. The highest BCUT2D eigenvalue weighted by Crippen LogP contribution is 2.40. The predicted molar refractivity (Wildman–Crippen MR) is 59.9 cm³/mol. The van der Waals surface area contributed by atoms with Crippen LogP contribution < -0.4 is 9.50 Å². The molecule has 0 saturated heterocycles. The minimum atomic E-state index is -3.66. The molecular weight excluding hydrogens is 250 g/mol. The fourth-order valence-corrected chi connectivity index (χ4v) is 3.78. The maximum absolute atomic E-state index is 11.7. The molecule has 1 amide bonds. The zero-order valence-corrected chi connectivity index (χ0v) is 10.0. The first-order chi connectivity index (χ1) is 7.53. The van der Waals surface area contributed by atoms with Gasteiger partial charge < -0.3 is 9.50 Å². The van der Waals surface area contributed by atoms with Crippen LogP contribution in [0.25, 0.3) is 0 Å². The van der Waals surface area contributed by atoms with E-state index in [1.54, 1.807) is 19.1 Å². The molecule has 5 nitrogen and oxygen atoms in total. The first-order valence-electron chi connectivity index (χ1n) is 4.58. The molecule has 1 N–H and O–H groups in total. The van der Waals surface area contributed by atoms with Crippen LogP contribution >= 0.6 is 10.8 Å². The first kappa shape index (κ1) is 11.3. The van der Waals surface area contributed by atoms with E-state index in [2.05, 4.69) is 5.32 Å². The van der Waals surface area contributed by atoms with Gasteiger partial charge in [-0.05, 0) is 19.1 Å². The van der Waals surface area contributed by atoms with Gasteiger partial charge in [-0.3, -0.25) is 4.79 Å². The summed E-state index contributed by atoms with van der Waals surface area (Å²) in [4.78, 5) is 12.1. The third-order valence-electron chi connectivity index (χ3n) is 1.94. The van der Waals surface area contributed by atoms with Gasteiger partial charge in [0.05, 0.1) is 5.56 Å². The van der Waals surface area contributed by atoms with Crippen molar-refractivity contribution >= 4 is 25.9 Å². The van der Waals surface area contributed by atoms with Crippen LogP contribution in [0, 0.1) is 0 Å². The molecule has 1 aliphatic heterocycles. The zero-order valence-electron chi connectivity index (χ0n) is 8.39. The van der Waals surface area contributed by atoms with Gasteiger partial charge in [0.2, 0.25) is 0 Å². The van der Waals surface area contributed by atoms with Gasteiger partial charge in [0.25, 0.3) is 5.91 Å². The molecule has 1 aromatic carbocycles. The fraction of sp³-hybridized carbons (Fsp3) is 0.222. The largest absolute Gasteiger partial charge is 0.373 e. The van der Waals surface area contributed by atoms with E-state index in [-0.39, 0.29) is 17.2 Å². The van der Waals surface area contributed by atoms with E-state index >= 15 is 0 Å². The third kappa shape index (κ3) is 2.00. The third-order valence-corrected chi connectivity index (χ3v) is 4.40. The summed E-state index contributed by atoms with van der Waals surface area (Å²) in [6.07, 6.45) is 0. The summed E-state index contributed by atoms with van der Waals surface area (Å²) in [5, 5.41) is 2.61. The van der Waals surface area contributed by atoms with Crippen LogP contribution in [0.15, 0.2) is 23.1 Å². The van der Waals surface area contributed by atoms with Crippen molar-refractivity contribution < 1.29 is 17.4 Å². The maximum Gasteiger partial charge on any atom is 0.370 e. The highest BCUT2D eigenvalue weighted by Gasteiger charge is 2.30. The van der Waals surface area contributed by atoms with Crippen molar-refractivity contribution in [2.24, 2.45) is 0 Å². The molecule has 0 saturated carbocycles. The molecule has 0 unspecified atom stereocenters. The number of fused-ring (bicyclic) bond motifs is 2. The molecule has 16 heavy (non-hydrogen) atoms. The Kier molecular flexibility index (Phi) is 2.81. The molecule has 2 rings (SSSR count). The second kappa shape index (κ2) is 3.99. The van der Waals surface area contributed by atoms with Crippen LogP contribution in [0.1, 0.15) is 17.3 Å². The van der Waals surface area contributed by atoms with E-state index in [9.17, 15) is 13.2 Å². The number of benzene rings is 1. The normalized spacial score (nSPS) is 16.3. The van der Waals surface area contributed by atoms with Gasteiger partial charge in [0.1, 0.15) is 0 Å². The van der Waals surface area contributed by atoms with E-state index in [1.165, 1.54) is 6.07 Å². The minimum absolute atomic E-state index is 0.0854. The lowest BCUT2D eigenvalue weighted by Crippen LogP contribution is -2.26. The number of carbonyl (C=O) groups is 1. The van der Waals surface area contributed by atoms with Crippen LogP contribution in [0.5, 0.6) is 5.75 Å². The molecule has 0 radical (unpaired) electrons. The molecule has 0 aliphatic carbocycles. The van der Waals surface area contributed by atoms with Crippen molar-refractivity contribution in [1.29, 1.82) is 0 Å². The molecule has 1 aliphatic rings. The Morgan fingerprint density at radius 3 is 2.88 bits per heavy atom. The lowest BCUT2D eigenvalue weighted by atomic mass is 10.2. The second-order valence-corrected chi connectivity index (χ2v) is 6.38. The average Bonchev–Trinajstić information content (AvgIpc) is 2.15. The van der Waals surface area contributed by atoms with E-state index < -0.39 is 9.15 Å². The van der Waals surface area contributed by atoms with Crippen molar-refractivity contribution in [3.05, 3.63) is 23.8 Å². The van der Waals surface area contributed by atoms with Gasteiger partial charge >= 0.3 is 9.15 Å². The number of hydrogen-bond acceptors (Lipinski definition) is 5. The summed E-state index contributed by atoms with van der Waals surface area (Å²) < 4.78 is 27.3. The molecule has 0 aromatic heterocycles. The molecule has 1 aromatic rings. The van der Waals surface area contributed by atoms with Gasteiger partial charge in [0.15, 0.2) is 5.75 Å². The number of amides is 1. The van der Waals surface area contributed by atoms with Crippen LogP contribution in [0.3, 0.4) is 0 Å². The van der Waals surface area contributed by atoms with Crippen molar-refractivity contribution in [3.8, 4) is 5.75 Å². The van der Waals surface area contributed by atoms with Crippen LogP contribution in [-0.4, -0.2) is 20.9 Å². The summed E-state index contributed by atoms with van der Waals surface area (Å²) >= 11 is 0. The monoisotopic (exact) mass is 259 g/mol. The standard InChI is InChI=1S/C9H9NO4S2/c1-2-10-9(11)8-6-4-3-5-7(8)15-16(12,13)14-6/h3-5H,2H2,1H3,(H,10,11). The van der Waals surface area contributed by atoms with Gasteiger partial charge in [0, 0.05) is 22.2 Å². The molecule has 1 heterocycles. The van der Waals surface area contributed by atoms with Gasteiger partial charge in [-0.2, -0.15) is 8.42 Å². The highest BCUT2D eigenvalue weighted by atomic mass is 33.1. The Labute approximate surface area is 96.7 Å². The Morgan fingerprint density at radius 1 is 1.50 bits per heavy atom. The van der Waals surface area contributed by atoms with E-state index in [0.717, 1.165) is 0 Å². The molecule has 0 spiro atoms. The summed E-state index contributed by atoms with van der Waals surface area (Å²) in [5.74, 6) is -0.238. The number of hydrogen-bond donors (Lipinski definition) is 1. The van der Waals surface area contributed by atoms with Crippen molar-refractivity contribution in [1.82, 2.24) is 5.32 Å². The first-order valence-corrected chi connectivity index (χ1v) is 7.33. The Hall–Kier alpha value is -1.21. The summed E-state index contributed by atoms with van der Waals surface area (Å²) in [7, 11) is -3.12. The van der Waals surface area contributed by atoms with E-state index in [0.29, 0.717) is 22.2 Å². The SMILES string of the molecule is CCNC(=O)c1c2cccc1SS(=O)(=O)O2. The summed E-state index contributed by atoms with van der Waals surface area (Å²) in [5.41, 5.74) is 0.282. The van der Waals surface area contributed by atoms with Gasteiger partial charge in [-0.1, -0.05) is 6.07 Å². The van der Waals surface area contributed by atoms with Crippen LogP contribution in [0.2, 0.25) is 0 Å². The lowest BCUT2D eigenvalue weighted by Gasteiger charge is -2.18. The molecule has 2 bridgehead atoms. The second-order valence-electron chi connectivity index (χ2n) is 3.06. The fourth-order valence-electron chi connectivity index (χ4n) is 1.36. The van der Waals surface area contributed by atoms with Gasteiger partial charge in [-0.15, -0.1) is 0 Å².